The van der Waals surface area contributed by atoms with Crippen molar-refractivity contribution in [1.82, 2.24) is 14.8 Å². The predicted octanol–water partition coefficient (Wildman–Crippen LogP) is 3.50. The Hall–Kier alpha value is -3.74. The summed E-state index contributed by atoms with van der Waals surface area (Å²) >= 11 is 0. The normalized spacial score (nSPS) is 14.1. The number of benzene rings is 2. The summed E-state index contributed by atoms with van der Waals surface area (Å²) in [6.45, 7) is 4.60. The van der Waals surface area contributed by atoms with Gasteiger partial charge >= 0.3 is 0 Å². The van der Waals surface area contributed by atoms with Crippen molar-refractivity contribution in [2.45, 2.75) is 13.3 Å². The van der Waals surface area contributed by atoms with Crippen LogP contribution >= 0.6 is 0 Å². The highest BCUT2D eigenvalue weighted by atomic mass is 16.5. The van der Waals surface area contributed by atoms with E-state index in [1.807, 2.05) is 60.5 Å². The lowest BCUT2D eigenvalue weighted by Gasteiger charge is -2.34. The van der Waals surface area contributed by atoms with Crippen LogP contribution in [0.25, 0.3) is 17.0 Å². The molecule has 7 heteroatoms. The van der Waals surface area contributed by atoms with E-state index in [4.69, 9.17) is 9.47 Å². The summed E-state index contributed by atoms with van der Waals surface area (Å²) in [4.78, 5) is 32.3. The number of piperazine rings is 1. The number of rotatable bonds is 7. The number of carbonyl (C=O) groups is 2. The van der Waals surface area contributed by atoms with Crippen molar-refractivity contribution in [3.05, 3.63) is 65.9 Å². The van der Waals surface area contributed by atoms with Gasteiger partial charge in [0.05, 0.1) is 20.1 Å². The second-order valence-electron chi connectivity index (χ2n) is 7.92. The molecular formula is C26H29N3O4. The highest BCUT2D eigenvalue weighted by molar-refractivity contribution is 5.92. The average molecular weight is 448 g/mol. The number of methoxy groups -OCH3 is 1. The van der Waals surface area contributed by atoms with E-state index in [2.05, 4.69) is 4.98 Å². The number of aromatic nitrogens is 1. The Morgan fingerprint density at radius 2 is 1.79 bits per heavy atom. The number of fused-ring (bicyclic) bond motifs is 1. The van der Waals surface area contributed by atoms with Gasteiger partial charge in [-0.25, -0.2) is 0 Å². The molecule has 1 aliphatic rings. The minimum Gasteiger partial charge on any atom is -0.493 e. The van der Waals surface area contributed by atoms with E-state index in [1.54, 1.807) is 24.2 Å². The second-order valence-corrected chi connectivity index (χ2v) is 7.92. The minimum absolute atomic E-state index is 0.0634. The van der Waals surface area contributed by atoms with Crippen LogP contribution in [0, 0.1) is 0 Å². The molecule has 0 spiro atoms. The highest BCUT2D eigenvalue weighted by Gasteiger charge is 2.23. The number of amides is 2. The van der Waals surface area contributed by atoms with Crippen LogP contribution in [0.15, 0.2) is 54.7 Å². The van der Waals surface area contributed by atoms with Crippen molar-refractivity contribution in [1.29, 1.82) is 0 Å². The maximum atomic E-state index is 12.8. The van der Waals surface area contributed by atoms with Crippen LogP contribution in [0.1, 0.15) is 18.1 Å². The largest absolute Gasteiger partial charge is 0.493 e. The van der Waals surface area contributed by atoms with Crippen LogP contribution in [0.2, 0.25) is 0 Å². The zero-order valence-electron chi connectivity index (χ0n) is 19.0. The molecule has 1 aliphatic heterocycles. The molecule has 0 radical (unpaired) electrons. The third-order valence-corrected chi connectivity index (χ3v) is 5.87. The molecule has 1 N–H and O–H groups in total. The van der Waals surface area contributed by atoms with E-state index in [0.717, 1.165) is 22.0 Å². The van der Waals surface area contributed by atoms with Crippen LogP contribution in [-0.4, -0.2) is 66.5 Å². The molecule has 3 aromatic rings. The highest BCUT2D eigenvalue weighted by Crippen LogP contribution is 2.28. The van der Waals surface area contributed by atoms with Gasteiger partial charge in [0.15, 0.2) is 11.5 Å². The standard InChI is InChI=1S/C26H29N3O4/c1-3-33-23-10-8-19(16-24(23)32-2)9-11-25(30)28-12-14-29(15-13-28)26(31)17-20-18-27-22-7-5-4-6-21(20)22/h4-11,16,18,27H,3,12-15,17H2,1-2H3. The molecule has 2 amide bonds. The first kappa shape index (κ1) is 22.5. The molecule has 33 heavy (non-hydrogen) atoms. The Bertz CT molecular complexity index is 1160. The van der Waals surface area contributed by atoms with E-state index in [9.17, 15) is 9.59 Å². The SMILES string of the molecule is CCOc1ccc(C=CC(=O)N2CCN(C(=O)Cc3c[nH]c4ccccc34)CC2)cc1OC. The molecule has 0 aliphatic carbocycles. The van der Waals surface area contributed by atoms with Gasteiger partial charge in [0, 0.05) is 49.4 Å². The molecule has 1 saturated heterocycles. The van der Waals surface area contributed by atoms with E-state index in [-0.39, 0.29) is 11.8 Å². The first-order valence-corrected chi connectivity index (χ1v) is 11.2. The Morgan fingerprint density at radius 1 is 1.03 bits per heavy atom. The van der Waals surface area contributed by atoms with Crippen molar-refractivity contribution < 1.29 is 19.1 Å². The topological polar surface area (TPSA) is 74.9 Å². The van der Waals surface area contributed by atoms with E-state index in [1.165, 1.54) is 0 Å². The molecule has 2 heterocycles. The molecule has 0 unspecified atom stereocenters. The van der Waals surface area contributed by atoms with Crippen molar-refractivity contribution in [2.24, 2.45) is 0 Å². The summed E-state index contributed by atoms with van der Waals surface area (Å²) in [6, 6.07) is 13.5. The van der Waals surface area contributed by atoms with Crippen molar-refractivity contribution in [3.8, 4) is 11.5 Å². The molecule has 4 rings (SSSR count). The van der Waals surface area contributed by atoms with Gasteiger partial charge < -0.3 is 24.3 Å². The minimum atomic E-state index is -0.0634. The summed E-state index contributed by atoms with van der Waals surface area (Å²) in [7, 11) is 1.59. The van der Waals surface area contributed by atoms with Gasteiger partial charge in [0.2, 0.25) is 11.8 Å². The summed E-state index contributed by atoms with van der Waals surface area (Å²) in [5.41, 5.74) is 2.90. The first-order valence-electron chi connectivity index (χ1n) is 11.2. The van der Waals surface area contributed by atoms with Crippen LogP contribution in [0.5, 0.6) is 11.5 Å². The number of aromatic amines is 1. The summed E-state index contributed by atoms with van der Waals surface area (Å²) in [5, 5.41) is 1.08. The summed E-state index contributed by atoms with van der Waals surface area (Å²) in [6.07, 6.45) is 5.61. The predicted molar refractivity (Wildman–Crippen MR) is 128 cm³/mol. The lowest BCUT2D eigenvalue weighted by molar-refractivity contribution is -0.136. The van der Waals surface area contributed by atoms with Crippen molar-refractivity contribution in [3.63, 3.8) is 0 Å². The number of nitrogens with zero attached hydrogens (tertiary/aromatic N) is 2. The molecule has 172 valence electrons. The number of hydrogen-bond acceptors (Lipinski definition) is 4. The summed E-state index contributed by atoms with van der Waals surface area (Å²) < 4.78 is 10.9. The second kappa shape index (κ2) is 10.3. The number of carbonyl (C=O) groups excluding carboxylic acids is 2. The van der Waals surface area contributed by atoms with Crippen molar-refractivity contribution >= 4 is 28.8 Å². The summed E-state index contributed by atoms with van der Waals surface area (Å²) in [5.74, 6) is 1.33. The zero-order chi connectivity index (χ0) is 23.2. The molecule has 1 aromatic heterocycles. The van der Waals surface area contributed by atoms with Crippen LogP contribution < -0.4 is 9.47 Å². The average Bonchev–Trinajstić information content (AvgIpc) is 3.26. The quantitative estimate of drug-likeness (QED) is 0.563. The fourth-order valence-corrected chi connectivity index (χ4v) is 4.06. The van der Waals surface area contributed by atoms with Gasteiger partial charge in [-0.1, -0.05) is 24.3 Å². The Labute approximate surface area is 193 Å². The Balaban J connectivity index is 1.31. The molecule has 0 atom stereocenters. The zero-order valence-corrected chi connectivity index (χ0v) is 19.0. The fraction of sp³-hybridized carbons (Fsp3) is 0.308. The molecule has 2 aromatic carbocycles. The third-order valence-electron chi connectivity index (χ3n) is 5.87. The maximum Gasteiger partial charge on any atom is 0.246 e. The van der Waals surface area contributed by atoms with Gasteiger partial charge in [-0.3, -0.25) is 9.59 Å². The number of ether oxygens (including phenoxy) is 2. The van der Waals surface area contributed by atoms with E-state index < -0.39 is 0 Å². The maximum absolute atomic E-state index is 12.8. The fourth-order valence-electron chi connectivity index (χ4n) is 4.06. The van der Waals surface area contributed by atoms with Crippen LogP contribution in [0.3, 0.4) is 0 Å². The number of nitrogens with one attached hydrogen (secondary N) is 1. The Morgan fingerprint density at radius 3 is 2.55 bits per heavy atom. The molecule has 7 nitrogen and oxygen atoms in total. The van der Waals surface area contributed by atoms with Gasteiger partial charge in [-0.05, 0) is 42.3 Å². The number of H-pyrrole nitrogens is 1. The Kier molecular flexibility index (Phi) is 6.98. The monoisotopic (exact) mass is 447 g/mol. The van der Waals surface area contributed by atoms with Crippen LogP contribution in [0.4, 0.5) is 0 Å². The van der Waals surface area contributed by atoms with Gasteiger partial charge in [0.1, 0.15) is 0 Å². The lowest BCUT2D eigenvalue weighted by atomic mass is 10.1. The smallest absolute Gasteiger partial charge is 0.246 e. The van der Waals surface area contributed by atoms with Gasteiger partial charge in [0.25, 0.3) is 0 Å². The molecule has 0 bridgehead atoms. The van der Waals surface area contributed by atoms with Crippen LogP contribution in [-0.2, 0) is 16.0 Å². The van der Waals surface area contributed by atoms with E-state index >= 15 is 0 Å². The molecule has 0 saturated carbocycles. The third kappa shape index (κ3) is 5.19. The number of hydrogen-bond donors (Lipinski definition) is 1. The first-order chi connectivity index (χ1) is 16.1. The lowest BCUT2D eigenvalue weighted by Crippen LogP contribution is -2.50. The molecular weight excluding hydrogens is 418 g/mol. The van der Waals surface area contributed by atoms with Gasteiger partial charge in [-0.15, -0.1) is 0 Å². The van der Waals surface area contributed by atoms with E-state index in [0.29, 0.717) is 50.7 Å². The number of para-hydroxylation sites is 1. The van der Waals surface area contributed by atoms with Gasteiger partial charge in [-0.2, -0.15) is 0 Å². The molecule has 1 fully saturated rings. The van der Waals surface area contributed by atoms with Crippen molar-refractivity contribution in [2.75, 3.05) is 39.9 Å².